The van der Waals surface area contributed by atoms with E-state index in [1.807, 2.05) is 0 Å². The van der Waals surface area contributed by atoms with Crippen molar-refractivity contribution in [3.05, 3.63) is 35.4 Å². The normalized spacial score (nSPS) is 25.3. The Balaban J connectivity index is 1.33. The number of ether oxygens (including phenoxy) is 2. The van der Waals surface area contributed by atoms with Crippen LogP contribution < -0.4 is 10.6 Å². The van der Waals surface area contributed by atoms with E-state index in [1.165, 1.54) is 18.2 Å². The molecule has 1 aromatic rings. The summed E-state index contributed by atoms with van der Waals surface area (Å²) in [5, 5.41) is 6.43. The summed E-state index contributed by atoms with van der Waals surface area (Å²) in [5.74, 6) is -0.464. The van der Waals surface area contributed by atoms with Gasteiger partial charge in [0.1, 0.15) is 11.6 Å². The van der Waals surface area contributed by atoms with Crippen molar-refractivity contribution in [3.8, 4) is 0 Å². The molecule has 144 valence electrons. The minimum atomic E-state index is -0.481. The predicted molar refractivity (Wildman–Crippen MR) is 96.4 cm³/mol. The lowest BCUT2D eigenvalue weighted by atomic mass is 10.1. The van der Waals surface area contributed by atoms with Crippen LogP contribution in [0.2, 0.25) is 0 Å². The first kappa shape index (κ1) is 19.0. The van der Waals surface area contributed by atoms with Gasteiger partial charge in [-0.2, -0.15) is 0 Å². The highest BCUT2D eigenvalue weighted by Gasteiger charge is 2.42. The molecule has 5 nitrogen and oxygen atoms in total. The quantitative estimate of drug-likeness (QED) is 0.421. The topological polar surface area (TPSA) is 54.9 Å². The average molecular weight is 367 g/mol. The number of halogens is 2. The molecular formula is C19H27F2N3O2. The van der Waals surface area contributed by atoms with Crippen molar-refractivity contribution < 1.29 is 18.3 Å². The van der Waals surface area contributed by atoms with Crippen molar-refractivity contribution >= 4 is 5.96 Å². The second-order valence-corrected chi connectivity index (χ2v) is 6.79. The van der Waals surface area contributed by atoms with Gasteiger partial charge in [0.2, 0.25) is 0 Å². The van der Waals surface area contributed by atoms with E-state index in [-0.39, 0.29) is 23.6 Å². The highest BCUT2D eigenvalue weighted by atomic mass is 19.1. The summed E-state index contributed by atoms with van der Waals surface area (Å²) in [4.78, 5) is 4.17. The maximum atomic E-state index is 13.8. The number of aliphatic imine (C=N–C) groups is 1. The summed E-state index contributed by atoms with van der Waals surface area (Å²) in [6, 6.07) is 4.00. The summed E-state index contributed by atoms with van der Waals surface area (Å²) in [6.45, 7) is 2.88. The Hall–Kier alpha value is -1.73. The number of benzene rings is 1. The first-order chi connectivity index (χ1) is 12.7. The molecule has 1 aromatic carbocycles. The zero-order valence-electron chi connectivity index (χ0n) is 15.1. The Morgan fingerprint density at radius 3 is 2.85 bits per heavy atom. The molecule has 2 aliphatic rings. The van der Waals surface area contributed by atoms with Crippen LogP contribution in [0, 0.1) is 11.6 Å². The van der Waals surface area contributed by atoms with Crippen LogP contribution in [0.15, 0.2) is 23.2 Å². The average Bonchev–Trinajstić information content (AvgIpc) is 3.16. The van der Waals surface area contributed by atoms with Crippen LogP contribution in [0.4, 0.5) is 8.78 Å². The molecule has 3 unspecified atom stereocenters. The van der Waals surface area contributed by atoms with E-state index in [2.05, 4.69) is 15.6 Å². The highest BCUT2D eigenvalue weighted by molar-refractivity contribution is 5.80. The first-order valence-electron chi connectivity index (χ1n) is 9.29. The maximum Gasteiger partial charge on any atom is 0.191 e. The maximum absolute atomic E-state index is 13.8. The molecule has 1 aliphatic carbocycles. The second kappa shape index (κ2) is 9.28. The van der Waals surface area contributed by atoms with Gasteiger partial charge < -0.3 is 20.1 Å². The van der Waals surface area contributed by atoms with Gasteiger partial charge in [-0.25, -0.2) is 8.78 Å². The summed E-state index contributed by atoms with van der Waals surface area (Å²) in [7, 11) is 1.68. The van der Waals surface area contributed by atoms with E-state index in [4.69, 9.17) is 9.47 Å². The molecule has 0 spiro atoms. The molecule has 2 fully saturated rings. The smallest absolute Gasteiger partial charge is 0.191 e. The Morgan fingerprint density at radius 2 is 2.15 bits per heavy atom. The first-order valence-corrected chi connectivity index (χ1v) is 9.29. The number of hydrogen-bond donors (Lipinski definition) is 2. The minimum absolute atomic E-state index is 0.00312. The Morgan fingerprint density at radius 1 is 1.35 bits per heavy atom. The lowest BCUT2D eigenvalue weighted by Gasteiger charge is -2.13. The molecule has 0 amide bonds. The molecule has 7 heteroatoms. The van der Waals surface area contributed by atoms with Gasteiger partial charge in [-0.15, -0.1) is 0 Å². The van der Waals surface area contributed by atoms with Crippen molar-refractivity contribution in [3.63, 3.8) is 0 Å². The van der Waals surface area contributed by atoms with Gasteiger partial charge in [0.15, 0.2) is 5.96 Å². The largest absolute Gasteiger partial charge is 0.379 e. The van der Waals surface area contributed by atoms with Crippen LogP contribution in [0.25, 0.3) is 0 Å². The van der Waals surface area contributed by atoms with Gasteiger partial charge in [0.05, 0.1) is 12.7 Å². The summed E-state index contributed by atoms with van der Waals surface area (Å²) in [5.41, 5.74) is 0.169. The minimum Gasteiger partial charge on any atom is -0.379 e. The zero-order chi connectivity index (χ0) is 18.4. The van der Waals surface area contributed by atoms with Gasteiger partial charge in [0.25, 0.3) is 0 Å². The molecule has 3 rings (SSSR count). The van der Waals surface area contributed by atoms with Crippen molar-refractivity contribution in [2.45, 2.75) is 43.7 Å². The second-order valence-electron chi connectivity index (χ2n) is 6.79. The van der Waals surface area contributed by atoms with E-state index in [0.29, 0.717) is 25.6 Å². The molecule has 0 radical (unpaired) electrons. The molecule has 1 saturated carbocycles. The van der Waals surface area contributed by atoms with E-state index < -0.39 is 11.6 Å². The van der Waals surface area contributed by atoms with Crippen LogP contribution >= 0.6 is 0 Å². The Bertz CT molecular complexity index is 601. The lowest BCUT2D eigenvalue weighted by Crippen LogP contribution is -2.39. The molecule has 1 heterocycles. The van der Waals surface area contributed by atoms with Crippen LogP contribution in [0.5, 0.6) is 0 Å². The molecule has 0 aromatic heterocycles. The SMILES string of the molecule is CN=C(NCCCOCC1CCCO1)NC1CC1c1c(F)cccc1F. The van der Waals surface area contributed by atoms with Gasteiger partial charge in [-0.05, 0) is 37.8 Å². The lowest BCUT2D eigenvalue weighted by molar-refractivity contribution is 0.0168. The van der Waals surface area contributed by atoms with Gasteiger partial charge >= 0.3 is 0 Å². The number of guanidine groups is 1. The summed E-state index contributed by atoms with van der Waals surface area (Å²) in [6.07, 6.45) is 4.01. The molecule has 2 N–H and O–H groups in total. The van der Waals surface area contributed by atoms with Crippen molar-refractivity contribution in [1.29, 1.82) is 0 Å². The molecule has 0 bridgehead atoms. The number of nitrogens with one attached hydrogen (secondary N) is 2. The molecule has 1 saturated heterocycles. The predicted octanol–water partition coefficient (Wildman–Crippen LogP) is 2.57. The fourth-order valence-corrected chi connectivity index (χ4v) is 3.28. The van der Waals surface area contributed by atoms with Crippen LogP contribution in [0.3, 0.4) is 0 Å². The van der Waals surface area contributed by atoms with E-state index >= 15 is 0 Å². The third-order valence-corrected chi connectivity index (χ3v) is 4.79. The highest BCUT2D eigenvalue weighted by Crippen LogP contribution is 2.42. The summed E-state index contributed by atoms with van der Waals surface area (Å²) < 4.78 is 38.8. The fraction of sp³-hybridized carbons (Fsp3) is 0.632. The van der Waals surface area contributed by atoms with Crippen LogP contribution in [-0.4, -0.2) is 51.5 Å². The standard InChI is InChI=1S/C19H27F2N3O2/c1-22-19(23-8-4-9-25-12-13-5-3-10-26-13)24-17-11-14(17)18-15(20)6-2-7-16(18)21/h2,6-7,13-14,17H,3-5,8-12H2,1H3,(H2,22,23,24). The van der Waals surface area contributed by atoms with Crippen LogP contribution in [0.1, 0.15) is 37.2 Å². The Labute approximate surface area is 153 Å². The van der Waals surface area contributed by atoms with E-state index in [0.717, 1.165) is 32.4 Å². The molecule has 3 atom stereocenters. The van der Waals surface area contributed by atoms with Gasteiger partial charge in [-0.1, -0.05) is 6.07 Å². The van der Waals surface area contributed by atoms with Crippen molar-refractivity contribution in [2.24, 2.45) is 4.99 Å². The monoisotopic (exact) mass is 367 g/mol. The third-order valence-electron chi connectivity index (χ3n) is 4.79. The number of rotatable bonds is 8. The zero-order valence-corrected chi connectivity index (χ0v) is 15.1. The molecule has 26 heavy (non-hydrogen) atoms. The van der Waals surface area contributed by atoms with Gasteiger partial charge in [0, 0.05) is 44.3 Å². The van der Waals surface area contributed by atoms with Gasteiger partial charge in [-0.3, -0.25) is 4.99 Å². The molecule has 1 aliphatic heterocycles. The third kappa shape index (κ3) is 5.14. The molecular weight excluding hydrogens is 340 g/mol. The Kier molecular flexibility index (Phi) is 6.80. The van der Waals surface area contributed by atoms with Crippen molar-refractivity contribution in [1.82, 2.24) is 10.6 Å². The fourth-order valence-electron chi connectivity index (χ4n) is 3.28. The summed E-state index contributed by atoms with van der Waals surface area (Å²) >= 11 is 0. The number of hydrogen-bond acceptors (Lipinski definition) is 3. The van der Waals surface area contributed by atoms with Crippen molar-refractivity contribution in [2.75, 3.05) is 33.4 Å². The van der Waals surface area contributed by atoms with E-state index in [1.54, 1.807) is 7.05 Å². The number of nitrogens with zero attached hydrogens (tertiary/aromatic N) is 1. The van der Waals surface area contributed by atoms with Crippen LogP contribution in [-0.2, 0) is 9.47 Å². The van der Waals surface area contributed by atoms with E-state index in [9.17, 15) is 8.78 Å².